The fourth-order valence-corrected chi connectivity index (χ4v) is 4.74. The number of nitrogens with zero attached hydrogens (tertiary/aromatic N) is 3. The number of carbonyl (C=O) groups is 1. The van der Waals surface area contributed by atoms with Crippen LogP contribution in [0.4, 0.5) is 0 Å². The van der Waals surface area contributed by atoms with Gasteiger partial charge in [-0.25, -0.2) is 0 Å². The topological polar surface area (TPSA) is 119 Å². The molecule has 35 heavy (non-hydrogen) atoms. The Morgan fingerprint density at radius 1 is 1.14 bits per heavy atom. The number of methoxy groups -OCH3 is 1. The lowest BCUT2D eigenvalue weighted by Gasteiger charge is -2.06. The van der Waals surface area contributed by atoms with Crippen LogP contribution < -0.4 is 4.74 Å². The monoisotopic (exact) mass is 553 g/mol. The summed E-state index contributed by atoms with van der Waals surface area (Å²) in [6, 6.07) is 14.9. The summed E-state index contributed by atoms with van der Waals surface area (Å²) in [5.41, 5.74) is 2.71. The molecule has 0 bridgehead atoms. The zero-order chi connectivity index (χ0) is 25.4. The van der Waals surface area contributed by atoms with Crippen LogP contribution >= 0.6 is 24.3 Å². The summed E-state index contributed by atoms with van der Waals surface area (Å²) in [5.74, 6) is 0.462. The van der Waals surface area contributed by atoms with Crippen molar-refractivity contribution in [2.24, 2.45) is 0 Å². The van der Waals surface area contributed by atoms with Gasteiger partial charge >= 0.3 is 0 Å². The average molecular weight is 554 g/mol. The second-order valence-electron chi connectivity index (χ2n) is 7.97. The second-order valence-corrected chi connectivity index (χ2v) is 10.1. The minimum atomic E-state index is -1.85. The van der Waals surface area contributed by atoms with Gasteiger partial charge in [-0.15, -0.1) is 0 Å². The lowest BCUT2D eigenvalue weighted by atomic mass is 10.0. The van der Waals surface area contributed by atoms with Gasteiger partial charge in [0.2, 0.25) is 5.91 Å². The van der Waals surface area contributed by atoms with Crippen LogP contribution in [0.2, 0.25) is 0 Å². The van der Waals surface area contributed by atoms with E-state index in [0.29, 0.717) is 52.5 Å². The molecule has 0 unspecified atom stereocenters. The van der Waals surface area contributed by atoms with Gasteiger partial charge in [0.05, 0.1) is 35.9 Å². The number of hydrogen-bond donors (Lipinski definition) is 2. The van der Waals surface area contributed by atoms with Crippen LogP contribution in [0.5, 0.6) is 5.75 Å². The third-order valence-electron chi connectivity index (χ3n) is 5.60. The van der Waals surface area contributed by atoms with Gasteiger partial charge in [0.25, 0.3) is 0 Å². The molecule has 0 radical (unpaired) electrons. The maximum atomic E-state index is 13.1. The fourth-order valence-electron chi connectivity index (χ4n) is 3.87. The van der Waals surface area contributed by atoms with E-state index in [-0.39, 0.29) is 5.91 Å². The third-order valence-corrected chi connectivity index (χ3v) is 6.81. The number of aromatic nitrogens is 1. The molecule has 0 saturated carbocycles. The number of benzene rings is 2. The number of allylic oxidation sites excluding steroid dienone is 1. The van der Waals surface area contributed by atoms with Crippen molar-refractivity contribution in [1.29, 1.82) is 10.5 Å². The normalized spacial score (nSPS) is 11.5. The highest BCUT2D eigenvalue weighted by Crippen LogP contribution is 2.33. The van der Waals surface area contributed by atoms with E-state index in [4.69, 9.17) is 14.5 Å². The molecule has 7 nitrogen and oxygen atoms in total. The number of nitriles is 2. The summed E-state index contributed by atoms with van der Waals surface area (Å²) in [6.45, 7) is 0. The summed E-state index contributed by atoms with van der Waals surface area (Å²) < 4.78 is 7.82. The third kappa shape index (κ3) is 6.78. The minimum absolute atomic E-state index is 0.0727. The summed E-state index contributed by atoms with van der Waals surface area (Å²) in [6.07, 6.45) is 7.18. The van der Waals surface area contributed by atoms with Gasteiger partial charge in [-0.3, -0.25) is 9.36 Å². The van der Waals surface area contributed by atoms with Crippen molar-refractivity contribution < 1.29 is 19.3 Å². The Labute approximate surface area is 213 Å². The fraction of sp³-hybridized carbons (Fsp3) is 0.269. The molecule has 1 aromatic heterocycles. The number of carbonyl (C=O) groups excluding carboxylic acids is 1. The smallest absolute Gasteiger partial charge is 0.231 e. The van der Waals surface area contributed by atoms with E-state index in [0.717, 1.165) is 29.1 Å². The quantitative estimate of drug-likeness (QED) is 0.174. The van der Waals surface area contributed by atoms with E-state index in [1.807, 2.05) is 18.2 Å². The van der Waals surface area contributed by atoms with E-state index in [1.165, 1.54) is 7.11 Å². The molecule has 0 amide bonds. The number of ether oxygens (including phenoxy) is 1. The van der Waals surface area contributed by atoms with Gasteiger partial charge in [0.1, 0.15) is 5.75 Å². The number of rotatable bonds is 10. The Bertz CT molecular complexity index is 1330. The molecule has 0 saturated heterocycles. The molecule has 0 atom stereocenters. The second kappa shape index (κ2) is 12.6. The van der Waals surface area contributed by atoms with Crippen molar-refractivity contribution in [2.45, 2.75) is 32.1 Å². The van der Waals surface area contributed by atoms with Gasteiger partial charge in [0, 0.05) is 39.8 Å². The molecule has 0 aliphatic heterocycles. The van der Waals surface area contributed by atoms with E-state index < -0.39 is 8.38 Å². The zero-order valence-electron chi connectivity index (χ0n) is 19.2. The highest BCUT2D eigenvalue weighted by molar-refractivity contribution is 9.10. The first kappa shape index (κ1) is 26.6. The van der Waals surface area contributed by atoms with Crippen molar-refractivity contribution in [3.63, 3.8) is 0 Å². The van der Waals surface area contributed by atoms with Crippen LogP contribution in [0.3, 0.4) is 0 Å². The van der Waals surface area contributed by atoms with Gasteiger partial charge in [0.15, 0.2) is 8.38 Å². The molecule has 2 aromatic carbocycles. The van der Waals surface area contributed by atoms with Crippen molar-refractivity contribution in [3.8, 4) is 17.9 Å². The first-order valence-corrected chi connectivity index (χ1v) is 13.3. The highest BCUT2D eigenvalue weighted by Gasteiger charge is 2.17. The molecule has 1 heterocycles. The van der Waals surface area contributed by atoms with E-state index in [1.54, 1.807) is 35.0 Å². The van der Waals surface area contributed by atoms with Crippen LogP contribution in [0.1, 0.15) is 53.6 Å². The summed E-state index contributed by atoms with van der Waals surface area (Å²) >= 11 is 3.48. The molecule has 0 aliphatic carbocycles. The molecule has 3 rings (SSSR count). The number of halogens is 1. The van der Waals surface area contributed by atoms with E-state index in [9.17, 15) is 15.3 Å². The predicted octanol–water partition coefficient (Wildman–Crippen LogP) is 6.24. The van der Waals surface area contributed by atoms with Crippen LogP contribution in [0.25, 0.3) is 22.6 Å². The molecule has 0 aliphatic rings. The van der Waals surface area contributed by atoms with Gasteiger partial charge in [-0.2, -0.15) is 10.5 Å². The molecule has 2 N–H and O–H groups in total. The van der Waals surface area contributed by atoms with Gasteiger partial charge in [-0.05, 0) is 55.3 Å². The Balaban J connectivity index is 1.94. The maximum absolute atomic E-state index is 13.1. The molecular weight excluding hydrogens is 529 g/mol. The molecular formula is C26H25BrN3O4P. The van der Waals surface area contributed by atoms with Crippen molar-refractivity contribution in [1.82, 2.24) is 4.57 Å². The van der Waals surface area contributed by atoms with Crippen LogP contribution in [-0.2, 0) is 0 Å². The van der Waals surface area contributed by atoms with E-state index in [2.05, 4.69) is 28.1 Å². The van der Waals surface area contributed by atoms with Gasteiger partial charge < -0.3 is 14.5 Å². The number of unbranched alkanes of at least 4 members (excludes halogenated alkanes) is 3. The van der Waals surface area contributed by atoms with Crippen molar-refractivity contribution >= 4 is 52.8 Å². The summed E-state index contributed by atoms with van der Waals surface area (Å²) in [7, 11) is -0.326. The Hall–Kier alpha value is -3.00. The van der Waals surface area contributed by atoms with Gasteiger partial charge in [-0.1, -0.05) is 28.8 Å². The highest BCUT2D eigenvalue weighted by atomic mass is 79.9. The maximum Gasteiger partial charge on any atom is 0.231 e. The molecule has 3 aromatic rings. The minimum Gasteiger partial charge on any atom is -0.496 e. The standard InChI is InChI=1S/C26H25BrN3O4P/c1-34-25-10-7-18(15-28)12-19(25)13-20(16-29)23-17-30(24-9-8-21(27)14-22(23)24)26(31)6-4-2-3-5-11-35(32)33/h7-10,12-14,17,32-33H,2-6,11H2,1H3/b20-13+. The predicted molar refractivity (Wildman–Crippen MR) is 141 cm³/mol. The van der Waals surface area contributed by atoms with Crippen LogP contribution in [0.15, 0.2) is 47.1 Å². The molecule has 0 spiro atoms. The summed E-state index contributed by atoms with van der Waals surface area (Å²) in [4.78, 5) is 31.1. The Kier molecular flexibility index (Phi) is 9.60. The molecule has 9 heteroatoms. The summed E-state index contributed by atoms with van der Waals surface area (Å²) in [5, 5.41) is 20.0. The Morgan fingerprint density at radius 2 is 1.91 bits per heavy atom. The number of fused-ring (bicyclic) bond motifs is 1. The van der Waals surface area contributed by atoms with Crippen molar-refractivity contribution in [2.75, 3.05) is 13.3 Å². The average Bonchev–Trinajstić information content (AvgIpc) is 3.22. The molecule has 0 fully saturated rings. The van der Waals surface area contributed by atoms with Crippen molar-refractivity contribution in [3.05, 3.63) is 63.8 Å². The first-order chi connectivity index (χ1) is 16.9. The SMILES string of the molecule is COc1ccc(C#N)cc1/C=C(\C#N)c1cn(C(=O)CCCCCCP(O)O)c2ccc(Br)cc12. The first-order valence-electron chi connectivity index (χ1n) is 11.1. The van der Waals surface area contributed by atoms with Crippen LogP contribution in [-0.4, -0.2) is 33.5 Å². The van der Waals surface area contributed by atoms with E-state index >= 15 is 0 Å². The number of hydrogen-bond acceptors (Lipinski definition) is 6. The lowest BCUT2D eigenvalue weighted by molar-refractivity contribution is 0.0904. The zero-order valence-corrected chi connectivity index (χ0v) is 21.7. The molecule has 180 valence electrons. The largest absolute Gasteiger partial charge is 0.496 e. The Morgan fingerprint density at radius 3 is 2.60 bits per heavy atom. The lowest BCUT2D eigenvalue weighted by Crippen LogP contribution is -2.08. The van der Waals surface area contributed by atoms with Crippen LogP contribution in [0, 0.1) is 22.7 Å².